The van der Waals surface area contributed by atoms with E-state index in [2.05, 4.69) is 148 Å². The standard InChI is InChI=1S/C96H170NO8P/c1-6-8-10-12-14-16-18-20-22-24-26-28-30-32-34-36-38-40-42-44-46-48-50-52-54-56-58-60-62-64-66-68-70-72-74-76-78-80-82-84-86-88-95(98)102-92-94(93-104-106(100,101)103-91-90-97(3,4)5)105-96(99)89-87-85-83-81-79-77-75-73-71-69-67-65-63-61-59-57-55-53-51-49-47-45-43-41-39-37-35-33-31-29-27-25-23-21-19-17-15-13-11-9-7-2/h9,11,15,17-18,20-21,23-24,26-27,29,33,35,39,41,45,47,51,53,57,59,94H,6-8,10,12-14,16,19,22,25,28,30-32,34,36-38,40,42-44,46,48-50,52,54-56,58,60-93H2,1-5H3/b11-9-,17-15-,20-18-,23-21-,26-24-,29-27-,35-33-,41-39-,47-45-,53-51-,59-57-. The molecular formula is C96H170NO8P. The highest BCUT2D eigenvalue weighted by atomic mass is 31.2. The van der Waals surface area contributed by atoms with E-state index in [-0.39, 0.29) is 32.0 Å². The number of esters is 2. The zero-order valence-corrected chi connectivity index (χ0v) is 71.0. The molecule has 2 unspecified atom stereocenters. The Labute approximate surface area is 657 Å². The van der Waals surface area contributed by atoms with Gasteiger partial charge in [0.1, 0.15) is 19.8 Å². The smallest absolute Gasteiger partial charge is 0.306 e. The van der Waals surface area contributed by atoms with Gasteiger partial charge in [0.05, 0.1) is 27.7 Å². The lowest BCUT2D eigenvalue weighted by Gasteiger charge is -2.28. The van der Waals surface area contributed by atoms with Gasteiger partial charge in [0, 0.05) is 12.8 Å². The average molecular weight is 1500 g/mol. The molecule has 0 amide bonds. The molecular weight excluding hydrogens is 1330 g/mol. The van der Waals surface area contributed by atoms with Crippen molar-refractivity contribution >= 4 is 19.8 Å². The van der Waals surface area contributed by atoms with Crippen LogP contribution in [-0.2, 0) is 32.7 Å². The van der Waals surface area contributed by atoms with Crippen molar-refractivity contribution in [2.45, 2.75) is 418 Å². The molecule has 612 valence electrons. The Morgan fingerprint density at radius 1 is 0.302 bits per heavy atom. The van der Waals surface area contributed by atoms with Crippen LogP contribution in [0.2, 0.25) is 0 Å². The molecule has 10 heteroatoms. The summed E-state index contributed by atoms with van der Waals surface area (Å²) in [5.41, 5.74) is 0. The molecule has 0 rings (SSSR count). The SMILES string of the molecule is CC/C=C\C/C=C\C/C=C\C/C=C\C/C=C\C/C=C\C/C=C\C/C=C\C/C=C\CCCCCCCCCCCCCCCC(=O)OC(COC(=O)CCCCCCCCCCCCCCCCCCCCCCCCCCCCCCC/C=C\C/C=C\CCCCCCC)COP(=O)([O-])OCC[N+](C)(C)C. The molecule has 0 aliphatic heterocycles. The molecule has 0 N–H and O–H groups in total. The number of hydrogen-bond donors (Lipinski definition) is 0. The van der Waals surface area contributed by atoms with Crippen molar-refractivity contribution in [1.82, 2.24) is 0 Å². The number of carbonyl (C=O) groups is 2. The summed E-state index contributed by atoms with van der Waals surface area (Å²) in [6.45, 7) is 4.16. The number of nitrogens with zero attached hydrogens (tertiary/aromatic N) is 1. The summed E-state index contributed by atoms with van der Waals surface area (Å²) in [5.74, 6) is -0.821. The topological polar surface area (TPSA) is 111 Å². The second kappa shape index (κ2) is 85.2. The highest BCUT2D eigenvalue weighted by molar-refractivity contribution is 7.45. The molecule has 0 saturated heterocycles. The van der Waals surface area contributed by atoms with Gasteiger partial charge in [-0.3, -0.25) is 14.2 Å². The van der Waals surface area contributed by atoms with Crippen LogP contribution in [0.3, 0.4) is 0 Å². The molecule has 0 aliphatic rings. The van der Waals surface area contributed by atoms with Crippen LogP contribution in [0.15, 0.2) is 134 Å². The van der Waals surface area contributed by atoms with Gasteiger partial charge in [-0.15, -0.1) is 0 Å². The van der Waals surface area contributed by atoms with Gasteiger partial charge in [-0.2, -0.15) is 0 Å². The van der Waals surface area contributed by atoms with Crippen LogP contribution in [0.1, 0.15) is 412 Å². The number of ether oxygens (including phenoxy) is 2. The van der Waals surface area contributed by atoms with Crippen LogP contribution in [-0.4, -0.2) is 70.0 Å². The van der Waals surface area contributed by atoms with E-state index in [9.17, 15) is 19.0 Å². The summed E-state index contributed by atoms with van der Waals surface area (Å²) in [6, 6.07) is 0. The molecule has 0 radical (unpaired) electrons. The number of carbonyl (C=O) groups excluding carboxylic acids is 2. The van der Waals surface area contributed by atoms with E-state index in [0.29, 0.717) is 17.4 Å². The summed E-state index contributed by atoms with van der Waals surface area (Å²) in [7, 11) is 1.17. The average Bonchev–Trinajstić information content (AvgIpc) is 0.908. The van der Waals surface area contributed by atoms with E-state index >= 15 is 0 Å². The lowest BCUT2D eigenvalue weighted by Crippen LogP contribution is -2.37. The van der Waals surface area contributed by atoms with E-state index < -0.39 is 26.5 Å². The lowest BCUT2D eigenvalue weighted by atomic mass is 10.0. The number of phosphoric acid groups is 1. The van der Waals surface area contributed by atoms with Crippen LogP contribution >= 0.6 is 7.82 Å². The Balaban J connectivity index is 3.91. The number of phosphoric ester groups is 1. The summed E-state index contributed by atoms with van der Waals surface area (Å²) < 4.78 is 34.5. The Kier molecular flexibility index (Phi) is 82.1. The highest BCUT2D eigenvalue weighted by Gasteiger charge is 2.22. The molecule has 9 nitrogen and oxygen atoms in total. The van der Waals surface area contributed by atoms with Crippen LogP contribution < -0.4 is 4.89 Å². The van der Waals surface area contributed by atoms with Gasteiger partial charge in [0.25, 0.3) is 7.82 Å². The Bertz CT molecular complexity index is 2260. The van der Waals surface area contributed by atoms with E-state index in [1.807, 2.05) is 21.1 Å². The first-order valence-electron chi connectivity index (χ1n) is 44.9. The maximum absolute atomic E-state index is 12.9. The van der Waals surface area contributed by atoms with Crippen molar-refractivity contribution in [3.8, 4) is 0 Å². The number of unbranched alkanes of at least 4 members (excludes halogenated alkanes) is 47. The second-order valence-electron chi connectivity index (χ2n) is 31.2. The van der Waals surface area contributed by atoms with E-state index in [1.165, 1.54) is 276 Å². The summed E-state index contributed by atoms with van der Waals surface area (Å²) in [6.07, 6.45) is 125. The van der Waals surface area contributed by atoms with E-state index in [0.717, 1.165) is 103 Å². The number of likely N-dealkylation sites (N-methyl/N-ethyl adjacent to an activating group) is 1. The van der Waals surface area contributed by atoms with Gasteiger partial charge in [-0.25, -0.2) is 0 Å². The lowest BCUT2D eigenvalue weighted by molar-refractivity contribution is -0.870. The zero-order valence-electron chi connectivity index (χ0n) is 70.1. The zero-order chi connectivity index (χ0) is 76.8. The highest BCUT2D eigenvalue weighted by Crippen LogP contribution is 2.38. The normalized spacial score (nSPS) is 13.6. The first-order valence-corrected chi connectivity index (χ1v) is 46.4. The van der Waals surface area contributed by atoms with Gasteiger partial charge < -0.3 is 27.9 Å². The van der Waals surface area contributed by atoms with Gasteiger partial charge >= 0.3 is 11.9 Å². The van der Waals surface area contributed by atoms with Crippen molar-refractivity contribution in [3.05, 3.63) is 134 Å². The maximum Gasteiger partial charge on any atom is 0.306 e. The number of rotatable bonds is 83. The van der Waals surface area contributed by atoms with Gasteiger partial charge in [-0.1, -0.05) is 417 Å². The molecule has 0 saturated carbocycles. The first-order chi connectivity index (χ1) is 52.0. The fourth-order valence-electron chi connectivity index (χ4n) is 12.9. The molecule has 106 heavy (non-hydrogen) atoms. The molecule has 2 atom stereocenters. The molecule has 0 fully saturated rings. The fraction of sp³-hybridized carbons (Fsp3) is 0.750. The molecule has 0 aliphatic carbocycles. The third kappa shape index (κ3) is 89.0. The van der Waals surface area contributed by atoms with Crippen molar-refractivity contribution < 1.29 is 42.1 Å². The van der Waals surface area contributed by atoms with Crippen molar-refractivity contribution in [1.29, 1.82) is 0 Å². The molecule has 0 aromatic carbocycles. The van der Waals surface area contributed by atoms with Crippen LogP contribution in [0, 0.1) is 0 Å². The third-order valence-electron chi connectivity index (χ3n) is 19.7. The van der Waals surface area contributed by atoms with Crippen LogP contribution in [0.4, 0.5) is 0 Å². The monoisotopic (exact) mass is 1500 g/mol. The first kappa shape index (κ1) is 102. The largest absolute Gasteiger partial charge is 0.756 e. The van der Waals surface area contributed by atoms with Crippen LogP contribution in [0.5, 0.6) is 0 Å². The molecule has 0 aromatic rings. The molecule has 0 heterocycles. The van der Waals surface area contributed by atoms with Crippen molar-refractivity contribution in [3.63, 3.8) is 0 Å². The maximum atomic E-state index is 12.9. The predicted molar refractivity (Wildman–Crippen MR) is 461 cm³/mol. The van der Waals surface area contributed by atoms with Crippen molar-refractivity contribution in [2.24, 2.45) is 0 Å². The van der Waals surface area contributed by atoms with E-state index in [1.54, 1.807) is 0 Å². The number of quaternary nitrogens is 1. The molecule has 0 spiro atoms. The minimum absolute atomic E-state index is 0.0334. The molecule has 0 bridgehead atoms. The Morgan fingerprint density at radius 2 is 0.538 bits per heavy atom. The second-order valence-corrected chi connectivity index (χ2v) is 32.6. The summed E-state index contributed by atoms with van der Waals surface area (Å²) >= 11 is 0. The van der Waals surface area contributed by atoms with Gasteiger partial charge in [0.15, 0.2) is 6.10 Å². The molecule has 0 aromatic heterocycles. The predicted octanol–water partition coefficient (Wildman–Crippen LogP) is 30.0. The van der Waals surface area contributed by atoms with E-state index in [4.69, 9.17) is 18.5 Å². The quantitative estimate of drug-likeness (QED) is 0.0195. The Hall–Kier alpha value is -3.85. The van der Waals surface area contributed by atoms with Gasteiger partial charge in [-0.05, 0) is 116 Å². The fourth-order valence-corrected chi connectivity index (χ4v) is 13.6. The number of allylic oxidation sites excluding steroid dienone is 22. The van der Waals surface area contributed by atoms with Crippen molar-refractivity contribution in [2.75, 3.05) is 47.5 Å². The van der Waals surface area contributed by atoms with Gasteiger partial charge in [0.2, 0.25) is 0 Å². The summed E-state index contributed by atoms with van der Waals surface area (Å²) in [5, 5.41) is 0. The third-order valence-corrected chi connectivity index (χ3v) is 20.6. The van der Waals surface area contributed by atoms with Crippen LogP contribution in [0.25, 0.3) is 0 Å². The Morgan fingerprint density at radius 3 is 0.802 bits per heavy atom. The summed E-state index contributed by atoms with van der Waals surface area (Å²) in [4.78, 5) is 38.3. The minimum atomic E-state index is -4.65. The number of hydrogen-bond acceptors (Lipinski definition) is 8. The minimum Gasteiger partial charge on any atom is -0.756 e.